The summed E-state index contributed by atoms with van der Waals surface area (Å²) in [6.07, 6.45) is 2.93. The molecule has 0 bridgehead atoms. The molecular formula is C16H21N5. The number of aromatic nitrogens is 4. The third kappa shape index (κ3) is 2.83. The highest BCUT2D eigenvalue weighted by Crippen LogP contribution is 2.16. The van der Waals surface area contributed by atoms with Gasteiger partial charge in [-0.05, 0) is 24.6 Å². The van der Waals surface area contributed by atoms with E-state index in [1.165, 1.54) is 11.2 Å². The first-order valence-electron chi connectivity index (χ1n) is 7.41. The lowest BCUT2D eigenvalue weighted by Crippen LogP contribution is -2.18. The van der Waals surface area contributed by atoms with Crippen molar-refractivity contribution >= 4 is 11.0 Å². The van der Waals surface area contributed by atoms with Gasteiger partial charge in [0.05, 0.1) is 23.3 Å². The number of imidazole rings is 1. The van der Waals surface area contributed by atoms with Crippen molar-refractivity contribution < 1.29 is 0 Å². The van der Waals surface area contributed by atoms with E-state index < -0.39 is 0 Å². The smallest absolute Gasteiger partial charge is 0.123 e. The van der Waals surface area contributed by atoms with Gasteiger partial charge in [-0.1, -0.05) is 19.1 Å². The standard InChI is InChI=1S/C16H21N5/c1-3-10-21-15-7-5-4-6-14(15)19-16(21)12-17-11-13-8-9-18-20(13)2/h4-9,17H,3,10-12H2,1-2H3. The molecule has 5 heteroatoms. The van der Waals surface area contributed by atoms with Gasteiger partial charge in [0.1, 0.15) is 5.82 Å². The van der Waals surface area contributed by atoms with E-state index in [1.54, 1.807) is 0 Å². The van der Waals surface area contributed by atoms with Gasteiger partial charge >= 0.3 is 0 Å². The molecule has 0 saturated heterocycles. The molecule has 2 heterocycles. The first kappa shape index (κ1) is 13.8. The topological polar surface area (TPSA) is 47.7 Å². The Kier molecular flexibility index (Phi) is 4.01. The average molecular weight is 283 g/mol. The molecule has 3 aromatic rings. The number of nitrogens with one attached hydrogen (secondary N) is 1. The number of para-hydroxylation sites is 2. The summed E-state index contributed by atoms with van der Waals surface area (Å²) < 4.78 is 4.20. The van der Waals surface area contributed by atoms with Gasteiger partial charge in [-0.2, -0.15) is 5.10 Å². The molecule has 0 aliphatic carbocycles. The molecule has 0 fully saturated rings. The van der Waals surface area contributed by atoms with E-state index >= 15 is 0 Å². The van der Waals surface area contributed by atoms with E-state index in [1.807, 2.05) is 30.1 Å². The first-order valence-corrected chi connectivity index (χ1v) is 7.41. The van der Waals surface area contributed by atoms with Crippen molar-refractivity contribution in [2.75, 3.05) is 0 Å². The predicted molar refractivity (Wildman–Crippen MR) is 83.8 cm³/mol. The van der Waals surface area contributed by atoms with Crippen molar-refractivity contribution in [1.82, 2.24) is 24.6 Å². The lowest BCUT2D eigenvalue weighted by Gasteiger charge is -2.09. The van der Waals surface area contributed by atoms with Gasteiger partial charge in [-0.3, -0.25) is 4.68 Å². The number of aryl methyl sites for hydroxylation is 2. The zero-order valence-electron chi connectivity index (χ0n) is 12.6. The van der Waals surface area contributed by atoms with Gasteiger partial charge in [0, 0.05) is 26.3 Å². The van der Waals surface area contributed by atoms with E-state index in [-0.39, 0.29) is 0 Å². The molecule has 0 aliphatic rings. The van der Waals surface area contributed by atoms with Gasteiger partial charge < -0.3 is 9.88 Å². The Morgan fingerprint density at radius 2 is 2.00 bits per heavy atom. The van der Waals surface area contributed by atoms with E-state index in [0.29, 0.717) is 0 Å². The van der Waals surface area contributed by atoms with Gasteiger partial charge in [-0.15, -0.1) is 0 Å². The highest BCUT2D eigenvalue weighted by molar-refractivity contribution is 5.75. The number of nitrogens with zero attached hydrogens (tertiary/aromatic N) is 4. The molecule has 0 saturated carbocycles. The van der Waals surface area contributed by atoms with Crippen LogP contribution in [0.25, 0.3) is 11.0 Å². The Balaban J connectivity index is 1.76. The van der Waals surface area contributed by atoms with Gasteiger partial charge in [0.15, 0.2) is 0 Å². The van der Waals surface area contributed by atoms with Crippen LogP contribution in [0.15, 0.2) is 36.5 Å². The summed E-state index contributed by atoms with van der Waals surface area (Å²) in [7, 11) is 1.96. The van der Waals surface area contributed by atoms with Crippen LogP contribution in [0.1, 0.15) is 24.9 Å². The van der Waals surface area contributed by atoms with Gasteiger partial charge in [0.25, 0.3) is 0 Å². The fourth-order valence-corrected chi connectivity index (χ4v) is 2.61. The number of rotatable bonds is 6. The SMILES string of the molecule is CCCn1c(CNCc2ccnn2C)nc2ccccc21. The third-order valence-electron chi connectivity index (χ3n) is 3.69. The van der Waals surface area contributed by atoms with Crippen molar-refractivity contribution in [3.63, 3.8) is 0 Å². The molecule has 2 aromatic heterocycles. The number of benzene rings is 1. The summed E-state index contributed by atoms with van der Waals surface area (Å²) in [5.74, 6) is 1.10. The Bertz CT molecular complexity index is 725. The molecule has 3 rings (SSSR count). The van der Waals surface area contributed by atoms with E-state index in [9.17, 15) is 0 Å². The predicted octanol–water partition coefficient (Wildman–Crippen LogP) is 2.47. The molecule has 21 heavy (non-hydrogen) atoms. The largest absolute Gasteiger partial charge is 0.327 e. The summed E-state index contributed by atoms with van der Waals surface area (Å²) in [5, 5.41) is 7.64. The Morgan fingerprint density at radius 3 is 2.76 bits per heavy atom. The molecule has 1 N–H and O–H groups in total. The molecular weight excluding hydrogens is 262 g/mol. The molecule has 110 valence electrons. The fourth-order valence-electron chi connectivity index (χ4n) is 2.61. The maximum absolute atomic E-state index is 4.75. The highest BCUT2D eigenvalue weighted by Gasteiger charge is 2.09. The Hall–Kier alpha value is -2.14. The molecule has 5 nitrogen and oxygen atoms in total. The Labute approximate surface area is 124 Å². The second kappa shape index (κ2) is 6.10. The first-order chi connectivity index (χ1) is 10.3. The normalized spacial score (nSPS) is 11.3. The Morgan fingerprint density at radius 1 is 1.14 bits per heavy atom. The summed E-state index contributed by atoms with van der Waals surface area (Å²) in [4.78, 5) is 4.75. The van der Waals surface area contributed by atoms with Crippen molar-refractivity contribution in [3.05, 3.63) is 48.0 Å². The van der Waals surface area contributed by atoms with Gasteiger partial charge in [0.2, 0.25) is 0 Å². The quantitative estimate of drug-likeness (QED) is 0.756. The highest BCUT2D eigenvalue weighted by atomic mass is 15.3. The van der Waals surface area contributed by atoms with Gasteiger partial charge in [-0.25, -0.2) is 4.98 Å². The zero-order valence-corrected chi connectivity index (χ0v) is 12.6. The monoisotopic (exact) mass is 283 g/mol. The van der Waals surface area contributed by atoms with E-state index in [4.69, 9.17) is 4.98 Å². The van der Waals surface area contributed by atoms with Crippen molar-refractivity contribution in [1.29, 1.82) is 0 Å². The minimum absolute atomic E-state index is 0.764. The average Bonchev–Trinajstić information content (AvgIpc) is 3.05. The third-order valence-corrected chi connectivity index (χ3v) is 3.69. The van der Waals surface area contributed by atoms with Crippen LogP contribution in [0.5, 0.6) is 0 Å². The summed E-state index contributed by atoms with van der Waals surface area (Å²) in [5.41, 5.74) is 3.47. The lowest BCUT2D eigenvalue weighted by atomic mass is 10.3. The van der Waals surface area contributed by atoms with Crippen LogP contribution in [0.3, 0.4) is 0 Å². The molecule has 0 amide bonds. The van der Waals surface area contributed by atoms with E-state index in [2.05, 4.69) is 40.1 Å². The second-order valence-electron chi connectivity index (χ2n) is 5.22. The van der Waals surface area contributed by atoms with Crippen LogP contribution in [-0.2, 0) is 26.7 Å². The maximum Gasteiger partial charge on any atom is 0.123 e. The molecule has 0 spiro atoms. The summed E-state index contributed by atoms with van der Waals surface area (Å²) >= 11 is 0. The number of hydrogen-bond acceptors (Lipinski definition) is 3. The van der Waals surface area contributed by atoms with Crippen LogP contribution < -0.4 is 5.32 Å². The van der Waals surface area contributed by atoms with Crippen molar-refractivity contribution in [3.8, 4) is 0 Å². The molecule has 1 aromatic carbocycles. The van der Waals surface area contributed by atoms with Crippen LogP contribution in [0.2, 0.25) is 0 Å². The van der Waals surface area contributed by atoms with Crippen LogP contribution in [0, 0.1) is 0 Å². The minimum atomic E-state index is 0.764. The lowest BCUT2D eigenvalue weighted by molar-refractivity contribution is 0.578. The van der Waals surface area contributed by atoms with Crippen LogP contribution >= 0.6 is 0 Å². The molecule has 0 unspecified atom stereocenters. The minimum Gasteiger partial charge on any atom is -0.327 e. The molecule has 0 radical (unpaired) electrons. The number of fused-ring (bicyclic) bond motifs is 1. The number of hydrogen-bond donors (Lipinski definition) is 1. The van der Waals surface area contributed by atoms with Crippen molar-refractivity contribution in [2.24, 2.45) is 7.05 Å². The fraction of sp³-hybridized carbons (Fsp3) is 0.375. The molecule has 0 aliphatic heterocycles. The summed E-state index contributed by atoms with van der Waals surface area (Å²) in [6.45, 7) is 4.76. The maximum atomic E-state index is 4.75. The summed E-state index contributed by atoms with van der Waals surface area (Å²) in [6, 6.07) is 10.4. The zero-order chi connectivity index (χ0) is 14.7. The van der Waals surface area contributed by atoms with E-state index in [0.717, 1.165) is 37.4 Å². The molecule has 0 atom stereocenters. The second-order valence-corrected chi connectivity index (χ2v) is 5.22. The van der Waals surface area contributed by atoms with Crippen LogP contribution in [-0.4, -0.2) is 19.3 Å². The van der Waals surface area contributed by atoms with Crippen LogP contribution in [0.4, 0.5) is 0 Å². The van der Waals surface area contributed by atoms with Crippen molar-refractivity contribution in [2.45, 2.75) is 33.0 Å².